The van der Waals surface area contributed by atoms with E-state index in [0.717, 1.165) is 38.5 Å². The Balaban J connectivity index is 1.42. The van der Waals surface area contributed by atoms with E-state index >= 15 is 0 Å². The number of carbonyl (C=O) groups is 3. The quantitative estimate of drug-likeness (QED) is 0.469. The minimum atomic E-state index is -1.25. The molecule has 1 fully saturated rings. The molecule has 0 aromatic heterocycles. The van der Waals surface area contributed by atoms with E-state index in [1.807, 2.05) is 23.1 Å². The third-order valence-electron chi connectivity index (χ3n) is 8.28. The summed E-state index contributed by atoms with van der Waals surface area (Å²) in [6.45, 7) is 9.92. The zero-order chi connectivity index (χ0) is 29.0. The van der Waals surface area contributed by atoms with Crippen LogP contribution in [0.25, 0.3) is 0 Å². The van der Waals surface area contributed by atoms with Crippen LogP contribution in [-0.4, -0.2) is 53.1 Å². The number of hydrogen-bond donors (Lipinski definition) is 2. The number of alkyl carbamates (subject to hydrolysis) is 1. The molecule has 0 unspecified atom stereocenters. The highest BCUT2D eigenvalue weighted by Gasteiger charge is 2.43. The summed E-state index contributed by atoms with van der Waals surface area (Å²) in [5, 5.41) is 5.65. The Morgan fingerprint density at radius 3 is 2.25 bits per heavy atom. The number of likely N-dealkylation sites (tertiary alicyclic amines) is 1. The van der Waals surface area contributed by atoms with Crippen LogP contribution in [0.15, 0.2) is 54.6 Å². The fourth-order valence-electron chi connectivity index (χ4n) is 6.03. The molecule has 1 aliphatic carbocycles. The van der Waals surface area contributed by atoms with Crippen molar-refractivity contribution in [2.24, 2.45) is 0 Å². The summed E-state index contributed by atoms with van der Waals surface area (Å²) >= 11 is 0. The molecule has 1 spiro atoms. The van der Waals surface area contributed by atoms with Gasteiger partial charge in [-0.15, -0.1) is 0 Å². The maximum absolute atomic E-state index is 13.9. The van der Waals surface area contributed by atoms with E-state index in [2.05, 4.69) is 47.0 Å². The SMILES string of the molecule is CC(C)(C)OC(=O)NC(C)(C)C(=O)N[C@H](CCCc1ccccc1)C(=O)N1CCC2(CCc3ccccc32)CC1. The van der Waals surface area contributed by atoms with Gasteiger partial charge in [-0.05, 0) is 102 Å². The van der Waals surface area contributed by atoms with Crippen molar-refractivity contribution in [1.29, 1.82) is 0 Å². The number of fused-ring (bicyclic) bond motifs is 2. The van der Waals surface area contributed by atoms with E-state index in [0.29, 0.717) is 19.5 Å². The van der Waals surface area contributed by atoms with Gasteiger partial charge < -0.3 is 20.3 Å². The van der Waals surface area contributed by atoms with Gasteiger partial charge in [-0.25, -0.2) is 4.79 Å². The van der Waals surface area contributed by atoms with Crippen molar-refractivity contribution in [2.75, 3.05) is 13.1 Å². The number of amides is 3. The zero-order valence-corrected chi connectivity index (χ0v) is 24.7. The third kappa shape index (κ3) is 7.23. The summed E-state index contributed by atoms with van der Waals surface area (Å²) in [5.41, 5.74) is 2.31. The second-order valence-electron chi connectivity index (χ2n) is 12.9. The number of nitrogens with one attached hydrogen (secondary N) is 2. The van der Waals surface area contributed by atoms with Crippen molar-refractivity contribution < 1.29 is 19.1 Å². The Hall–Kier alpha value is -3.35. The van der Waals surface area contributed by atoms with Crippen LogP contribution < -0.4 is 10.6 Å². The minimum Gasteiger partial charge on any atom is -0.444 e. The first-order chi connectivity index (χ1) is 18.9. The molecule has 40 heavy (non-hydrogen) atoms. The molecule has 0 radical (unpaired) electrons. The summed E-state index contributed by atoms with van der Waals surface area (Å²) < 4.78 is 5.35. The van der Waals surface area contributed by atoms with Gasteiger partial charge in [0.15, 0.2) is 0 Å². The molecule has 1 aliphatic heterocycles. The van der Waals surface area contributed by atoms with Gasteiger partial charge in [-0.3, -0.25) is 9.59 Å². The molecule has 0 bridgehead atoms. The van der Waals surface area contributed by atoms with Crippen LogP contribution in [0.5, 0.6) is 0 Å². The van der Waals surface area contributed by atoms with Crippen molar-refractivity contribution in [2.45, 2.75) is 102 Å². The lowest BCUT2D eigenvalue weighted by atomic mass is 9.74. The molecule has 7 heteroatoms. The van der Waals surface area contributed by atoms with Gasteiger partial charge in [0.2, 0.25) is 11.8 Å². The highest BCUT2D eigenvalue weighted by Crippen LogP contribution is 2.46. The minimum absolute atomic E-state index is 0.0457. The van der Waals surface area contributed by atoms with Crippen LogP contribution in [0.1, 0.15) is 83.4 Å². The summed E-state index contributed by atoms with van der Waals surface area (Å²) in [5.74, 6) is -0.453. The number of ether oxygens (including phenoxy) is 1. The normalized spacial score (nSPS) is 17.2. The molecule has 1 atom stereocenters. The maximum atomic E-state index is 13.9. The van der Waals surface area contributed by atoms with Gasteiger partial charge in [0, 0.05) is 13.1 Å². The van der Waals surface area contributed by atoms with Crippen molar-refractivity contribution >= 4 is 17.9 Å². The lowest BCUT2D eigenvalue weighted by Gasteiger charge is -2.41. The zero-order valence-electron chi connectivity index (χ0n) is 24.7. The van der Waals surface area contributed by atoms with Crippen molar-refractivity contribution in [3.05, 3.63) is 71.3 Å². The topological polar surface area (TPSA) is 87.7 Å². The molecule has 2 aliphatic rings. The predicted molar refractivity (Wildman–Crippen MR) is 157 cm³/mol. The first-order valence-electron chi connectivity index (χ1n) is 14.6. The number of aryl methyl sites for hydroxylation is 2. The van der Waals surface area contributed by atoms with E-state index in [-0.39, 0.29) is 11.3 Å². The smallest absolute Gasteiger partial charge is 0.408 e. The molecular formula is C33H45N3O4. The average Bonchev–Trinajstić information content (AvgIpc) is 3.25. The molecule has 216 valence electrons. The molecule has 7 nitrogen and oxygen atoms in total. The predicted octanol–water partition coefficient (Wildman–Crippen LogP) is 5.30. The molecule has 1 saturated heterocycles. The Bertz CT molecular complexity index is 1190. The Morgan fingerprint density at radius 1 is 0.925 bits per heavy atom. The lowest BCUT2D eigenvalue weighted by Crippen LogP contribution is -2.60. The van der Waals surface area contributed by atoms with E-state index < -0.39 is 29.2 Å². The van der Waals surface area contributed by atoms with Crippen LogP contribution in [0.4, 0.5) is 4.79 Å². The average molecular weight is 548 g/mol. The summed E-state index contributed by atoms with van der Waals surface area (Å²) in [6.07, 6.45) is 5.53. The lowest BCUT2D eigenvalue weighted by molar-refractivity contribution is -0.139. The van der Waals surface area contributed by atoms with Crippen LogP contribution in [-0.2, 0) is 32.6 Å². The number of piperidine rings is 1. The van der Waals surface area contributed by atoms with Gasteiger partial charge >= 0.3 is 6.09 Å². The number of benzene rings is 2. The molecule has 1 heterocycles. The van der Waals surface area contributed by atoms with Crippen molar-refractivity contribution in [3.8, 4) is 0 Å². The Labute approximate surface area is 239 Å². The highest BCUT2D eigenvalue weighted by molar-refractivity contribution is 5.93. The van der Waals surface area contributed by atoms with E-state index in [1.54, 1.807) is 34.6 Å². The van der Waals surface area contributed by atoms with Gasteiger partial charge in [-0.1, -0.05) is 54.6 Å². The molecular weight excluding hydrogens is 502 g/mol. The van der Waals surface area contributed by atoms with Crippen molar-refractivity contribution in [3.63, 3.8) is 0 Å². The number of rotatable bonds is 8. The number of nitrogens with zero attached hydrogens (tertiary/aromatic N) is 1. The van der Waals surface area contributed by atoms with Crippen LogP contribution in [0, 0.1) is 0 Å². The molecule has 4 rings (SSSR count). The van der Waals surface area contributed by atoms with Gasteiger partial charge in [0.25, 0.3) is 0 Å². The van der Waals surface area contributed by atoms with Gasteiger partial charge in [0.1, 0.15) is 17.2 Å². The third-order valence-corrected chi connectivity index (χ3v) is 8.28. The van der Waals surface area contributed by atoms with Crippen molar-refractivity contribution in [1.82, 2.24) is 15.5 Å². The van der Waals surface area contributed by atoms with Crippen LogP contribution >= 0.6 is 0 Å². The summed E-state index contributed by atoms with van der Waals surface area (Å²) in [6, 6.07) is 18.2. The van der Waals surface area contributed by atoms with E-state index in [9.17, 15) is 14.4 Å². The van der Waals surface area contributed by atoms with Crippen LogP contribution in [0.3, 0.4) is 0 Å². The first kappa shape index (κ1) is 29.6. The molecule has 2 aromatic carbocycles. The molecule has 2 N–H and O–H groups in total. The second kappa shape index (κ2) is 12.0. The Kier molecular flexibility index (Phi) is 8.91. The van der Waals surface area contributed by atoms with Gasteiger partial charge in [-0.2, -0.15) is 0 Å². The fraction of sp³-hybridized carbons (Fsp3) is 0.545. The monoisotopic (exact) mass is 547 g/mol. The first-order valence-corrected chi connectivity index (χ1v) is 14.6. The fourth-order valence-corrected chi connectivity index (χ4v) is 6.03. The maximum Gasteiger partial charge on any atom is 0.408 e. The largest absolute Gasteiger partial charge is 0.444 e. The number of hydrogen-bond acceptors (Lipinski definition) is 4. The Morgan fingerprint density at radius 2 is 1.57 bits per heavy atom. The highest BCUT2D eigenvalue weighted by atomic mass is 16.6. The second-order valence-corrected chi connectivity index (χ2v) is 12.9. The molecule has 3 amide bonds. The number of carbonyl (C=O) groups excluding carboxylic acids is 3. The van der Waals surface area contributed by atoms with Gasteiger partial charge in [0.05, 0.1) is 0 Å². The standard InChI is InChI=1S/C33H45N3O4/c1-31(2,3)40-30(39)35-32(4,5)29(38)34-27(17-11-14-24-12-7-6-8-13-24)28(37)36-22-20-33(21-23-36)19-18-25-15-9-10-16-26(25)33/h6-10,12-13,15-16,27H,11,14,17-23H2,1-5H3,(H,34,38)(H,35,39)/t27-/m1/s1. The molecule has 0 saturated carbocycles. The van der Waals surface area contributed by atoms with E-state index in [4.69, 9.17) is 4.74 Å². The van der Waals surface area contributed by atoms with Crippen LogP contribution in [0.2, 0.25) is 0 Å². The summed E-state index contributed by atoms with van der Waals surface area (Å²) in [4.78, 5) is 41.6. The van der Waals surface area contributed by atoms with E-state index in [1.165, 1.54) is 16.7 Å². The molecule has 2 aromatic rings. The summed E-state index contributed by atoms with van der Waals surface area (Å²) in [7, 11) is 0.